The molecule has 1 aliphatic carbocycles. The molecule has 0 N–H and O–H groups in total. The first-order valence-electron chi connectivity index (χ1n) is 11.1. The zero-order valence-electron chi connectivity index (χ0n) is 18.4. The third-order valence-electron chi connectivity index (χ3n) is 6.41. The van der Waals surface area contributed by atoms with Gasteiger partial charge in [-0.3, -0.25) is 9.59 Å². The molecule has 0 radical (unpaired) electrons. The number of para-hydroxylation sites is 1. The number of allylic oxidation sites excluding steroid dienone is 1. The van der Waals surface area contributed by atoms with Crippen LogP contribution < -0.4 is 10.6 Å². The number of hydrogen-bond donors (Lipinski definition) is 0. The van der Waals surface area contributed by atoms with Gasteiger partial charge in [0.25, 0.3) is 11.5 Å². The molecule has 0 bridgehead atoms. The second kappa shape index (κ2) is 7.17. The first kappa shape index (κ1) is 19.5. The maximum Gasteiger partial charge on any atom is 0.280 e. The van der Waals surface area contributed by atoms with E-state index in [2.05, 4.69) is 22.5 Å². The summed E-state index contributed by atoms with van der Waals surface area (Å²) in [5.74, 6) is 0.221. The van der Waals surface area contributed by atoms with Gasteiger partial charge in [-0.25, -0.2) is 9.99 Å². The SMILES string of the molecule is Cc1cc2c3n1C(c1ccccc1)=CN(n1c(C)nc4ccccc4c1=O)C(=O)C3=CCC2. The van der Waals surface area contributed by atoms with Gasteiger partial charge >= 0.3 is 0 Å². The van der Waals surface area contributed by atoms with Gasteiger partial charge < -0.3 is 4.57 Å². The van der Waals surface area contributed by atoms with E-state index in [0.717, 1.165) is 41.1 Å². The molecule has 0 fully saturated rings. The third kappa shape index (κ3) is 2.84. The number of carbonyl (C=O) groups is 1. The standard InChI is InChI=1S/C27H22N4O2/c1-17-15-20-11-8-13-22-25(20)30(17)24(19-9-4-3-5-10-19)16-29(26(22)32)31-18(2)28-23-14-7-6-12-21(23)27(31)33/h3-7,9-10,12-16H,8,11H2,1-2H3. The molecule has 0 saturated carbocycles. The highest BCUT2D eigenvalue weighted by Gasteiger charge is 2.33. The Kier molecular flexibility index (Phi) is 4.23. The molecule has 0 atom stereocenters. The van der Waals surface area contributed by atoms with E-state index in [9.17, 15) is 9.59 Å². The predicted molar refractivity (Wildman–Crippen MR) is 129 cm³/mol. The van der Waals surface area contributed by atoms with Crippen LogP contribution in [0, 0.1) is 13.8 Å². The summed E-state index contributed by atoms with van der Waals surface area (Å²) in [6, 6.07) is 19.3. The van der Waals surface area contributed by atoms with Crippen LogP contribution >= 0.6 is 0 Å². The predicted octanol–water partition coefficient (Wildman–Crippen LogP) is 4.17. The van der Waals surface area contributed by atoms with Crippen molar-refractivity contribution in [1.82, 2.24) is 14.2 Å². The normalized spacial score (nSPS) is 15.2. The molecule has 6 rings (SSSR count). The molecule has 33 heavy (non-hydrogen) atoms. The van der Waals surface area contributed by atoms with Gasteiger partial charge in [0.1, 0.15) is 5.82 Å². The number of carbonyl (C=O) groups excluding carboxylic acids is 1. The van der Waals surface area contributed by atoms with Crippen LogP contribution in [-0.2, 0) is 11.2 Å². The van der Waals surface area contributed by atoms with Crippen LogP contribution in [0.15, 0.2) is 77.7 Å². The molecule has 0 saturated heterocycles. The Balaban J connectivity index is 1.69. The Labute approximate surface area is 190 Å². The summed E-state index contributed by atoms with van der Waals surface area (Å²) in [5, 5.41) is 1.91. The minimum atomic E-state index is -0.268. The summed E-state index contributed by atoms with van der Waals surface area (Å²) >= 11 is 0. The molecule has 2 aliphatic rings. The van der Waals surface area contributed by atoms with E-state index in [-0.39, 0.29) is 11.5 Å². The third-order valence-corrected chi connectivity index (χ3v) is 6.41. The number of nitrogens with zero attached hydrogens (tertiary/aromatic N) is 4. The van der Waals surface area contributed by atoms with Crippen LogP contribution in [0.4, 0.5) is 0 Å². The summed E-state index contributed by atoms with van der Waals surface area (Å²) < 4.78 is 3.53. The maximum atomic E-state index is 14.0. The molecule has 1 aliphatic heterocycles. The highest BCUT2D eigenvalue weighted by atomic mass is 16.2. The Hall–Kier alpha value is -4.19. The number of benzene rings is 2. The van der Waals surface area contributed by atoms with Crippen molar-refractivity contribution in [1.29, 1.82) is 0 Å². The lowest BCUT2D eigenvalue weighted by molar-refractivity contribution is -0.114. The molecular weight excluding hydrogens is 412 g/mol. The fourth-order valence-electron chi connectivity index (χ4n) is 4.96. The zero-order valence-corrected chi connectivity index (χ0v) is 18.4. The molecule has 0 unspecified atom stereocenters. The van der Waals surface area contributed by atoms with E-state index < -0.39 is 0 Å². The summed E-state index contributed by atoms with van der Waals surface area (Å²) in [6.45, 7) is 3.82. The number of hydrogen-bond acceptors (Lipinski definition) is 3. The van der Waals surface area contributed by atoms with Crippen LogP contribution in [0.1, 0.15) is 34.8 Å². The molecule has 6 heteroatoms. The molecule has 3 heterocycles. The Morgan fingerprint density at radius 3 is 2.52 bits per heavy atom. The number of aryl methyl sites for hydroxylation is 3. The van der Waals surface area contributed by atoms with E-state index >= 15 is 0 Å². The van der Waals surface area contributed by atoms with E-state index in [4.69, 9.17) is 0 Å². The fraction of sp³-hybridized carbons (Fsp3) is 0.148. The lowest BCUT2D eigenvalue weighted by atomic mass is 9.96. The maximum absolute atomic E-state index is 14.0. The topological polar surface area (TPSA) is 60.1 Å². The largest absolute Gasteiger partial charge is 0.311 e. The van der Waals surface area contributed by atoms with Crippen molar-refractivity contribution in [2.24, 2.45) is 0 Å². The van der Waals surface area contributed by atoms with Gasteiger partial charge in [-0.1, -0.05) is 48.5 Å². The Morgan fingerprint density at radius 1 is 0.939 bits per heavy atom. The quantitative estimate of drug-likeness (QED) is 0.476. The van der Waals surface area contributed by atoms with Gasteiger partial charge in [-0.15, -0.1) is 0 Å². The highest BCUT2D eigenvalue weighted by molar-refractivity contribution is 6.26. The van der Waals surface area contributed by atoms with E-state index in [1.165, 1.54) is 9.69 Å². The first-order valence-corrected chi connectivity index (χ1v) is 11.1. The van der Waals surface area contributed by atoms with Crippen LogP contribution in [0.25, 0.3) is 22.2 Å². The van der Waals surface area contributed by atoms with Crippen molar-refractivity contribution < 1.29 is 4.79 Å². The van der Waals surface area contributed by atoms with Crippen molar-refractivity contribution in [2.75, 3.05) is 5.01 Å². The summed E-state index contributed by atoms with van der Waals surface area (Å²) in [5.41, 5.74) is 5.89. The van der Waals surface area contributed by atoms with Crippen molar-refractivity contribution >= 4 is 28.1 Å². The van der Waals surface area contributed by atoms with E-state index in [1.807, 2.05) is 54.6 Å². The smallest absolute Gasteiger partial charge is 0.280 e. The highest BCUT2D eigenvalue weighted by Crippen LogP contribution is 2.37. The molecule has 4 aromatic rings. The van der Waals surface area contributed by atoms with Crippen molar-refractivity contribution in [3.05, 3.63) is 112 Å². The minimum Gasteiger partial charge on any atom is -0.311 e. The molecule has 0 spiro atoms. The number of fused-ring (bicyclic) bond motifs is 1. The van der Waals surface area contributed by atoms with E-state index in [1.54, 1.807) is 19.2 Å². The lowest BCUT2D eigenvalue weighted by Crippen LogP contribution is -2.44. The molecular formula is C27H22N4O2. The average molecular weight is 434 g/mol. The Morgan fingerprint density at radius 2 is 1.70 bits per heavy atom. The fourth-order valence-corrected chi connectivity index (χ4v) is 4.96. The van der Waals surface area contributed by atoms with Crippen molar-refractivity contribution in [2.45, 2.75) is 26.7 Å². The van der Waals surface area contributed by atoms with Gasteiger partial charge in [-0.2, -0.15) is 4.68 Å². The van der Waals surface area contributed by atoms with Gasteiger partial charge in [0.15, 0.2) is 0 Å². The molecule has 2 aromatic carbocycles. The van der Waals surface area contributed by atoms with Crippen molar-refractivity contribution in [3.8, 4) is 0 Å². The summed E-state index contributed by atoms with van der Waals surface area (Å²) in [7, 11) is 0. The number of amides is 1. The second-order valence-corrected chi connectivity index (χ2v) is 8.47. The zero-order chi connectivity index (χ0) is 22.7. The molecule has 6 nitrogen and oxygen atoms in total. The molecule has 2 aromatic heterocycles. The van der Waals surface area contributed by atoms with Crippen LogP contribution in [0.3, 0.4) is 0 Å². The average Bonchev–Trinajstić information content (AvgIpc) is 3.10. The summed E-state index contributed by atoms with van der Waals surface area (Å²) in [6.07, 6.45) is 5.44. The lowest BCUT2D eigenvalue weighted by Gasteiger charge is -2.23. The van der Waals surface area contributed by atoms with Crippen LogP contribution in [0.2, 0.25) is 0 Å². The molecule has 1 amide bonds. The Bertz CT molecular complexity index is 1570. The number of aromatic nitrogens is 3. The van der Waals surface area contributed by atoms with E-state index in [0.29, 0.717) is 22.3 Å². The summed E-state index contributed by atoms with van der Waals surface area (Å²) in [4.78, 5) is 32.2. The molecule has 162 valence electrons. The second-order valence-electron chi connectivity index (χ2n) is 8.47. The number of rotatable bonds is 2. The minimum absolute atomic E-state index is 0.233. The van der Waals surface area contributed by atoms with Crippen molar-refractivity contribution in [3.63, 3.8) is 0 Å². The van der Waals surface area contributed by atoms with Crippen LogP contribution in [-0.4, -0.2) is 20.1 Å². The van der Waals surface area contributed by atoms with Gasteiger partial charge in [0, 0.05) is 11.3 Å². The first-order chi connectivity index (χ1) is 16.0. The van der Waals surface area contributed by atoms with Gasteiger partial charge in [0.2, 0.25) is 0 Å². The van der Waals surface area contributed by atoms with Crippen LogP contribution in [0.5, 0.6) is 0 Å². The van der Waals surface area contributed by atoms with Gasteiger partial charge in [-0.05, 0) is 50.5 Å². The van der Waals surface area contributed by atoms with Gasteiger partial charge in [0.05, 0.1) is 34.1 Å². The monoisotopic (exact) mass is 434 g/mol.